The van der Waals surface area contributed by atoms with E-state index < -0.39 is 32.5 Å². The molecule has 0 amide bonds. The highest BCUT2D eigenvalue weighted by Gasteiger charge is 2.26. The molecule has 0 fully saturated rings. The van der Waals surface area contributed by atoms with Crippen molar-refractivity contribution in [3.05, 3.63) is 122 Å². The number of phosphoric ester groups is 1. The number of carbonyl (C=O) groups excluding carboxylic acids is 2. The van der Waals surface area contributed by atoms with E-state index in [-0.39, 0.29) is 32.6 Å². The fraction of sp³-hybridized carbons (Fsp3) is 0.627. The van der Waals surface area contributed by atoms with Crippen molar-refractivity contribution in [3.63, 3.8) is 0 Å². The van der Waals surface area contributed by atoms with Crippen molar-refractivity contribution >= 4 is 19.8 Å². The van der Waals surface area contributed by atoms with Crippen LogP contribution < -0.4 is 5.73 Å². The summed E-state index contributed by atoms with van der Waals surface area (Å²) in [4.78, 5) is 35.1. The topological polar surface area (TPSA) is 134 Å². The summed E-state index contributed by atoms with van der Waals surface area (Å²) < 4.78 is 32.9. The molecule has 0 spiro atoms. The highest BCUT2D eigenvalue weighted by molar-refractivity contribution is 7.47. The van der Waals surface area contributed by atoms with Crippen LogP contribution >= 0.6 is 7.82 Å². The number of hydrogen-bond donors (Lipinski definition) is 2. The van der Waals surface area contributed by atoms with E-state index in [2.05, 4.69) is 135 Å². The van der Waals surface area contributed by atoms with E-state index in [4.69, 9.17) is 24.3 Å². The van der Waals surface area contributed by atoms with Crippen LogP contribution in [0.3, 0.4) is 0 Å². The Morgan fingerprint density at radius 2 is 0.797 bits per heavy atom. The van der Waals surface area contributed by atoms with Gasteiger partial charge < -0.3 is 20.1 Å². The number of rotatable bonds is 49. The van der Waals surface area contributed by atoms with Gasteiger partial charge in [-0.2, -0.15) is 0 Å². The molecule has 0 bridgehead atoms. The standard InChI is InChI=1S/C59H98NO8P/c1-3-5-7-9-11-13-15-17-19-20-21-22-23-24-25-26-27-28-29-30-31-32-33-34-35-36-38-40-42-44-46-48-50-52-59(62)68-57(56-67-69(63,64)66-54-53-60)55-65-58(61)51-49-47-45-43-41-39-37-18-16-14-12-10-8-6-4-2/h5,7,11-14,17-19,21-22,24-25,27-28,30-31,33-34,37,57H,3-4,6,8-10,15-16,20,23,26,29,32,35-36,38-56,60H2,1-2H3,(H,63,64)/b7-5-,13-11-,14-12-,19-17-,22-21-,25-24-,28-27-,31-30-,34-33-,37-18-. The predicted molar refractivity (Wildman–Crippen MR) is 293 cm³/mol. The van der Waals surface area contributed by atoms with E-state index in [1.165, 1.54) is 51.4 Å². The molecule has 0 aromatic heterocycles. The maximum absolute atomic E-state index is 12.7. The second-order valence-electron chi connectivity index (χ2n) is 17.4. The fourth-order valence-corrected chi connectivity index (χ4v) is 7.62. The Balaban J connectivity index is 4.06. The van der Waals surface area contributed by atoms with Gasteiger partial charge in [-0.3, -0.25) is 18.6 Å². The van der Waals surface area contributed by atoms with Crippen LogP contribution in [0.2, 0.25) is 0 Å². The van der Waals surface area contributed by atoms with Crippen molar-refractivity contribution in [2.45, 2.75) is 213 Å². The first-order valence-corrected chi connectivity index (χ1v) is 28.5. The minimum absolute atomic E-state index is 0.0437. The highest BCUT2D eigenvalue weighted by Crippen LogP contribution is 2.43. The van der Waals surface area contributed by atoms with Crippen molar-refractivity contribution in [1.29, 1.82) is 0 Å². The third-order valence-corrected chi connectivity index (χ3v) is 11.8. The molecular formula is C59H98NO8P. The zero-order valence-corrected chi connectivity index (χ0v) is 44.4. The molecule has 0 aliphatic heterocycles. The largest absolute Gasteiger partial charge is 0.472 e. The zero-order valence-electron chi connectivity index (χ0n) is 43.5. The Hall–Kier alpha value is -3.59. The molecule has 0 aliphatic rings. The SMILES string of the molecule is CC/C=C\C/C=C\C/C=C\C/C=C\C/C=C\C/C=C\C/C=C\C/C=C\CCCCCCCCCCC(=O)OC(COC(=O)CCCCCCC/C=C\C/C=C\CCCCC)COP(=O)(O)OCCN. The van der Waals surface area contributed by atoms with Crippen LogP contribution in [-0.4, -0.2) is 49.3 Å². The van der Waals surface area contributed by atoms with Crippen LogP contribution in [0.15, 0.2) is 122 Å². The molecule has 0 aromatic carbocycles. The van der Waals surface area contributed by atoms with Gasteiger partial charge in [-0.25, -0.2) is 4.57 Å². The molecule has 9 nitrogen and oxygen atoms in total. The summed E-state index contributed by atoms with van der Waals surface area (Å²) in [6.07, 6.45) is 73.8. The smallest absolute Gasteiger partial charge is 0.462 e. The van der Waals surface area contributed by atoms with Gasteiger partial charge in [0.25, 0.3) is 0 Å². The van der Waals surface area contributed by atoms with Gasteiger partial charge in [-0.05, 0) is 109 Å². The lowest BCUT2D eigenvalue weighted by Crippen LogP contribution is -2.29. The van der Waals surface area contributed by atoms with Crippen molar-refractivity contribution in [2.75, 3.05) is 26.4 Å². The van der Waals surface area contributed by atoms with Gasteiger partial charge in [-0.1, -0.05) is 206 Å². The quantitative estimate of drug-likeness (QED) is 0.0264. The van der Waals surface area contributed by atoms with Crippen LogP contribution in [0, 0.1) is 0 Å². The molecule has 0 rings (SSSR count). The van der Waals surface area contributed by atoms with Gasteiger partial charge in [0.15, 0.2) is 6.10 Å². The Morgan fingerprint density at radius 1 is 0.449 bits per heavy atom. The first-order chi connectivity index (χ1) is 33.8. The molecule has 0 saturated carbocycles. The summed E-state index contributed by atoms with van der Waals surface area (Å²) in [6.45, 7) is 3.55. The number of unbranched alkanes of at least 4 members (excludes halogenated alkanes) is 16. The summed E-state index contributed by atoms with van der Waals surface area (Å²) >= 11 is 0. The van der Waals surface area contributed by atoms with Crippen molar-refractivity contribution in [2.24, 2.45) is 5.73 Å². The van der Waals surface area contributed by atoms with Gasteiger partial charge in [0.2, 0.25) is 0 Å². The van der Waals surface area contributed by atoms with Crippen molar-refractivity contribution < 1.29 is 37.6 Å². The molecule has 2 unspecified atom stereocenters. The van der Waals surface area contributed by atoms with Crippen LogP contribution in [0.5, 0.6) is 0 Å². The van der Waals surface area contributed by atoms with Gasteiger partial charge in [-0.15, -0.1) is 0 Å². The summed E-state index contributed by atoms with van der Waals surface area (Å²) in [7, 11) is -4.40. The number of nitrogens with two attached hydrogens (primary N) is 1. The van der Waals surface area contributed by atoms with E-state index in [1.807, 2.05) is 0 Å². The molecule has 0 aromatic rings. The van der Waals surface area contributed by atoms with Crippen LogP contribution in [-0.2, 0) is 32.7 Å². The van der Waals surface area contributed by atoms with E-state index >= 15 is 0 Å². The molecule has 0 saturated heterocycles. The number of hydrogen-bond acceptors (Lipinski definition) is 8. The predicted octanol–water partition coefficient (Wildman–Crippen LogP) is 16.8. The lowest BCUT2D eigenvalue weighted by Gasteiger charge is -2.19. The minimum Gasteiger partial charge on any atom is -0.462 e. The summed E-state index contributed by atoms with van der Waals surface area (Å²) in [5.41, 5.74) is 5.37. The number of esters is 2. The Kier molecular flexibility index (Phi) is 51.0. The summed E-state index contributed by atoms with van der Waals surface area (Å²) in [6, 6.07) is 0. The second kappa shape index (κ2) is 53.8. The average Bonchev–Trinajstić information content (AvgIpc) is 3.34. The van der Waals surface area contributed by atoms with Crippen LogP contribution in [0.25, 0.3) is 0 Å². The van der Waals surface area contributed by atoms with Crippen molar-refractivity contribution in [3.8, 4) is 0 Å². The minimum atomic E-state index is -4.40. The number of phosphoric acid groups is 1. The normalized spacial score (nSPS) is 14.1. The van der Waals surface area contributed by atoms with Gasteiger partial charge in [0, 0.05) is 19.4 Å². The maximum atomic E-state index is 12.7. The molecule has 3 N–H and O–H groups in total. The monoisotopic (exact) mass is 980 g/mol. The molecule has 69 heavy (non-hydrogen) atoms. The van der Waals surface area contributed by atoms with E-state index in [9.17, 15) is 19.0 Å². The van der Waals surface area contributed by atoms with Crippen molar-refractivity contribution in [1.82, 2.24) is 0 Å². The Bertz CT molecular complexity index is 1540. The average molecular weight is 980 g/mol. The van der Waals surface area contributed by atoms with E-state index in [1.54, 1.807) is 0 Å². The third kappa shape index (κ3) is 53.6. The number of allylic oxidation sites excluding steroid dienone is 20. The molecule has 0 aliphatic carbocycles. The number of carbonyl (C=O) groups is 2. The third-order valence-electron chi connectivity index (χ3n) is 10.8. The van der Waals surface area contributed by atoms with Gasteiger partial charge in [0.05, 0.1) is 13.2 Å². The lowest BCUT2D eigenvalue weighted by molar-refractivity contribution is -0.161. The maximum Gasteiger partial charge on any atom is 0.472 e. The molecular weight excluding hydrogens is 882 g/mol. The summed E-state index contributed by atoms with van der Waals surface area (Å²) in [5, 5.41) is 0. The van der Waals surface area contributed by atoms with Crippen LogP contribution in [0.4, 0.5) is 0 Å². The highest BCUT2D eigenvalue weighted by atomic mass is 31.2. The van der Waals surface area contributed by atoms with Crippen LogP contribution in [0.1, 0.15) is 206 Å². The first-order valence-electron chi connectivity index (χ1n) is 27.0. The molecule has 10 heteroatoms. The molecule has 392 valence electrons. The molecule has 0 radical (unpaired) electrons. The molecule has 0 heterocycles. The second-order valence-corrected chi connectivity index (χ2v) is 18.8. The Morgan fingerprint density at radius 3 is 1.19 bits per heavy atom. The fourth-order valence-electron chi connectivity index (χ4n) is 6.86. The molecule has 2 atom stereocenters. The van der Waals surface area contributed by atoms with E-state index in [0.29, 0.717) is 12.8 Å². The lowest BCUT2D eigenvalue weighted by atomic mass is 10.1. The van der Waals surface area contributed by atoms with Gasteiger partial charge >= 0.3 is 19.8 Å². The summed E-state index contributed by atoms with van der Waals surface area (Å²) in [5.74, 6) is -0.862. The zero-order chi connectivity index (χ0) is 50.2. The van der Waals surface area contributed by atoms with E-state index in [0.717, 1.165) is 116 Å². The first kappa shape index (κ1) is 65.4. The Labute approximate surface area is 421 Å². The number of ether oxygens (including phenoxy) is 2. The van der Waals surface area contributed by atoms with Gasteiger partial charge in [0.1, 0.15) is 6.61 Å².